The van der Waals surface area contributed by atoms with Crippen LogP contribution in [0.15, 0.2) is 18.2 Å². The van der Waals surface area contributed by atoms with Gasteiger partial charge in [0.1, 0.15) is 10.8 Å². The summed E-state index contributed by atoms with van der Waals surface area (Å²) in [7, 11) is 0. The lowest BCUT2D eigenvalue weighted by Gasteiger charge is -2.30. The zero-order valence-corrected chi connectivity index (χ0v) is 20.5. The number of ether oxygens (including phenoxy) is 1. The van der Waals surface area contributed by atoms with Gasteiger partial charge >= 0.3 is 0 Å². The molecule has 1 aromatic carbocycles. The zero-order valence-electron chi connectivity index (χ0n) is 19.7. The summed E-state index contributed by atoms with van der Waals surface area (Å²) < 4.78 is 20.4. The van der Waals surface area contributed by atoms with E-state index < -0.39 is 0 Å². The maximum Gasteiger partial charge on any atom is 0.153 e. The molecule has 0 aromatic heterocycles. The molecule has 174 valence electrons. The van der Waals surface area contributed by atoms with Crippen molar-refractivity contribution in [1.82, 2.24) is 0 Å². The molecule has 1 fully saturated rings. The van der Waals surface area contributed by atoms with Crippen LogP contribution in [0, 0.1) is 23.6 Å². The molecule has 0 saturated heterocycles. The summed E-state index contributed by atoms with van der Waals surface area (Å²) in [6.45, 7) is 4.88. The van der Waals surface area contributed by atoms with Crippen molar-refractivity contribution in [2.24, 2.45) is 17.8 Å². The average molecular weight is 449 g/mol. The van der Waals surface area contributed by atoms with E-state index in [0.717, 1.165) is 42.6 Å². The highest BCUT2D eigenvalue weighted by molar-refractivity contribution is 6.32. The van der Waals surface area contributed by atoms with E-state index in [1.807, 2.05) is 19.1 Å². The second-order valence-electron chi connectivity index (χ2n) is 9.92. The first-order valence-corrected chi connectivity index (χ1v) is 13.3. The minimum atomic E-state index is -0.323. The molecule has 0 spiro atoms. The number of benzene rings is 1. The third-order valence-corrected chi connectivity index (χ3v) is 7.89. The van der Waals surface area contributed by atoms with Gasteiger partial charge in [-0.1, -0.05) is 89.3 Å². The molecular formula is C28H42ClFO. The summed E-state index contributed by atoms with van der Waals surface area (Å²) in [6, 6.07) is 3.67. The molecule has 1 unspecified atom stereocenters. The normalized spacial score (nSPS) is 24.1. The molecule has 1 saturated carbocycles. The predicted molar refractivity (Wildman–Crippen MR) is 131 cm³/mol. The van der Waals surface area contributed by atoms with Crippen LogP contribution in [0.2, 0.25) is 5.02 Å². The number of hydrogen-bond donors (Lipinski definition) is 0. The number of hydrogen-bond acceptors (Lipinski definition) is 1. The summed E-state index contributed by atoms with van der Waals surface area (Å²) in [5.74, 6) is 2.84. The van der Waals surface area contributed by atoms with E-state index in [9.17, 15) is 4.39 Å². The van der Waals surface area contributed by atoms with Crippen molar-refractivity contribution >= 4 is 17.2 Å². The van der Waals surface area contributed by atoms with Gasteiger partial charge in [-0.05, 0) is 67.6 Å². The Balaban J connectivity index is 1.43. The second kappa shape index (κ2) is 12.9. The first kappa shape index (κ1) is 24.6. The Morgan fingerprint density at radius 2 is 1.61 bits per heavy atom. The van der Waals surface area contributed by atoms with Crippen molar-refractivity contribution in [3.63, 3.8) is 0 Å². The summed E-state index contributed by atoms with van der Waals surface area (Å²) in [5, 5.41) is 0.124. The van der Waals surface area contributed by atoms with Crippen LogP contribution in [0.5, 0.6) is 5.75 Å². The van der Waals surface area contributed by atoms with Crippen molar-refractivity contribution < 1.29 is 9.13 Å². The smallest absolute Gasteiger partial charge is 0.153 e. The van der Waals surface area contributed by atoms with Gasteiger partial charge in [0.05, 0.1) is 6.61 Å². The molecule has 2 aliphatic rings. The molecule has 1 nitrogen and oxygen atoms in total. The summed E-state index contributed by atoms with van der Waals surface area (Å²) in [4.78, 5) is 0. The van der Waals surface area contributed by atoms with Gasteiger partial charge in [0.2, 0.25) is 0 Å². The minimum Gasteiger partial charge on any atom is -0.492 e. The van der Waals surface area contributed by atoms with E-state index in [4.69, 9.17) is 16.3 Å². The number of unbranched alkanes of at least 4 members (excludes halogenated alkanes) is 2. The molecule has 0 amide bonds. The molecule has 1 atom stereocenters. The SMILES string of the molecule is CCCCCC1CCC(CCC2CC=C(c3ccc(OCCC)c(Cl)c3F)CC2)CC1. The fraction of sp³-hybridized carbons (Fsp3) is 0.714. The predicted octanol–water partition coefficient (Wildman–Crippen LogP) is 9.62. The summed E-state index contributed by atoms with van der Waals surface area (Å²) >= 11 is 6.24. The highest BCUT2D eigenvalue weighted by Crippen LogP contribution is 2.40. The number of allylic oxidation sites excluding steroid dienone is 2. The standard InChI is InChI=1S/C28H42ClFO/c1-3-5-6-7-21-8-10-22(11-9-21)12-13-23-14-16-24(17-15-23)25-18-19-26(31-20-4-2)27(29)28(25)30/h16,18-19,21-23H,3-15,17,20H2,1-2H3. The monoisotopic (exact) mass is 448 g/mol. The van der Waals surface area contributed by atoms with E-state index in [1.54, 1.807) is 0 Å². The zero-order chi connectivity index (χ0) is 22.1. The molecule has 2 aliphatic carbocycles. The largest absolute Gasteiger partial charge is 0.492 e. The van der Waals surface area contributed by atoms with Gasteiger partial charge < -0.3 is 4.74 Å². The van der Waals surface area contributed by atoms with E-state index in [2.05, 4.69) is 13.0 Å². The summed E-state index contributed by atoms with van der Waals surface area (Å²) in [6.07, 6.45) is 20.5. The number of rotatable bonds is 11. The first-order chi connectivity index (χ1) is 15.1. The molecule has 0 heterocycles. The molecule has 3 rings (SSSR count). The Kier molecular flexibility index (Phi) is 10.2. The highest BCUT2D eigenvalue weighted by Gasteiger charge is 2.24. The van der Waals surface area contributed by atoms with Gasteiger partial charge in [-0.3, -0.25) is 0 Å². The van der Waals surface area contributed by atoms with Crippen molar-refractivity contribution in [1.29, 1.82) is 0 Å². The molecule has 0 radical (unpaired) electrons. The molecule has 0 N–H and O–H groups in total. The Bertz CT molecular complexity index is 705. The lowest BCUT2D eigenvalue weighted by molar-refractivity contribution is 0.235. The molecule has 0 bridgehead atoms. The van der Waals surface area contributed by atoms with E-state index in [0.29, 0.717) is 17.9 Å². The minimum absolute atomic E-state index is 0.124. The van der Waals surface area contributed by atoms with Gasteiger partial charge in [-0.2, -0.15) is 0 Å². The fourth-order valence-corrected chi connectivity index (χ4v) is 5.68. The van der Waals surface area contributed by atoms with Crippen LogP contribution in [0.25, 0.3) is 5.57 Å². The maximum atomic E-state index is 14.8. The third-order valence-electron chi connectivity index (χ3n) is 7.54. The number of halogens is 2. The van der Waals surface area contributed by atoms with Gasteiger partial charge in [0, 0.05) is 5.56 Å². The average Bonchev–Trinajstić information content (AvgIpc) is 2.80. The van der Waals surface area contributed by atoms with Crippen molar-refractivity contribution in [2.45, 2.75) is 104 Å². The topological polar surface area (TPSA) is 9.23 Å². The molecule has 1 aromatic rings. The van der Waals surface area contributed by atoms with Crippen LogP contribution in [0.3, 0.4) is 0 Å². The Morgan fingerprint density at radius 3 is 2.26 bits per heavy atom. The maximum absolute atomic E-state index is 14.8. The molecular weight excluding hydrogens is 407 g/mol. The van der Waals surface area contributed by atoms with Crippen LogP contribution in [-0.4, -0.2) is 6.61 Å². The van der Waals surface area contributed by atoms with E-state index in [1.165, 1.54) is 70.6 Å². The quantitative estimate of drug-likeness (QED) is 0.306. The van der Waals surface area contributed by atoms with Gasteiger partial charge in [0.25, 0.3) is 0 Å². The second-order valence-corrected chi connectivity index (χ2v) is 10.3. The Morgan fingerprint density at radius 1 is 0.903 bits per heavy atom. The van der Waals surface area contributed by atoms with Crippen LogP contribution in [0.4, 0.5) is 4.39 Å². The fourth-order valence-electron chi connectivity index (χ4n) is 5.46. The Labute approximate surface area is 194 Å². The first-order valence-electron chi connectivity index (χ1n) is 12.9. The van der Waals surface area contributed by atoms with Crippen LogP contribution in [-0.2, 0) is 0 Å². The van der Waals surface area contributed by atoms with E-state index in [-0.39, 0.29) is 10.8 Å². The van der Waals surface area contributed by atoms with Crippen molar-refractivity contribution in [3.8, 4) is 5.75 Å². The van der Waals surface area contributed by atoms with Gasteiger partial charge in [-0.15, -0.1) is 0 Å². The molecule has 31 heavy (non-hydrogen) atoms. The van der Waals surface area contributed by atoms with Crippen molar-refractivity contribution in [3.05, 3.63) is 34.6 Å². The molecule has 3 heteroatoms. The van der Waals surface area contributed by atoms with Gasteiger partial charge in [-0.25, -0.2) is 4.39 Å². The Hall–Kier alpha value is -1.02. The lowest BCUT2D eigenvalue weighted by atomic mass is 9.76. The van der Waals surface area contributed by atoms with Crippen LogP contribution >= 0.6 is 11.6 Å². The van der Waals surface area contributed by atoms with Crippen LogP contribution < -0.4 is 4.74 Å². The highest BCUT2D eigenvalue weighted by atomic mass is 35.5. The summed E-state index contributed by atoms with van der Waals surface area (Å²) in [5.41, 5.74) is 1.78. The van der Waals surface area contributed by atoms with Gasteiger partial charge in [0.15, 0.2) is 5.82 Å². The lowest BCUT2D eigenvalue weighted by Crippen LogP contribution is -2.16. The van der Waals surface area contributed by atoms with E-state index >= 15 is 0 Å². The third kappa shape index (κ3) is 7.24. The molecule has 0 aliphatic heterocycles. The van der Waals surface area contributed by atoms with Crippen molar-refractivity contribution in [2.75, 3.05) is 6.61 Å². The van der Waals surface area contributed by atoms with Crippen LogP contribution in [0.1, 0.15) is 109 Å².